The van der Waals surface area contributed by atoms with E-state index < -0.39 is 11.7 Å². The molecule has 7 nitrogen and oxygen atoms in total. The lowest BCUT2D eigenvalue weighted by atomic mass is 9.90. The molecule has 176 valence electrons. The van der Waals surface area contributed by atoms with Crippen LogP contribution >= 0.6 is 0 Å². The number of aromatic nitrogens is 1. The number of benzene rings is 3. The first kappa shape index (κ1) is 23.2. The number of carbonyl (C=O) groups excluding carboxylic acids is 1. The highest BCUT2D eigenvalue weighted by molar-refractivity contribution is 6.07. The molecule has 0 fully saturated rings. The van der Waals surface area contributed by atoms with Crippen LogP contribution in [0.15, 0.2) is 59.4 Å². The van der Waals surface area contributed by atoms with Gasteiger partial charge in [-0.3, -0.25) is 10.1 Å². The average molecular weight is 461 g/mol. The van der Waals surface area contributed by atoms with Crippen molar-refractivity contribution in [3.8, 4) is 33.9 Å². The van der Waals surface area contributed by atoms with Crippen LogP contribution in [0.2, 0.25) is 0 Å². The van der Waals surface area contributed by atoms with Gasteiger partial charge in [-0.25, -0.2) is 4.79 Å². The van der Waals surface area contributed by atoms with Crippen LogP contribution in [0.1, 0.15) is 20.8 Å². The van der Waals surface area contributed by atoms with E-state index in [0.717, 1.165) is 10.9 Å². The van der Waals surface area contributed by atoms with Crippen molar-refractivity contribution >= 4 is 22.7 Å². The van der Waals surface area contributed by atoms with Gasteiger partial charge in [0.2, 0.25) is 0 Å². The molecule has 0 spiro atoms. The highest BCUT2D eigenvalue weighted by Gasteiger charge is 2.25. The number of ether oxygens (including phenoxy) is 3. The predicted molar refractivity (Wildman–Crippen MR) is 134 cm³/mol. The Balaban J connectivity index is 2.07. The van der Waals surface area contributed by atoms with Crippen molar-refractivity contribution in [3.63, 3.8) is 0 Å². The zero-order chi connectivity index (χ0) is 24.6. The first-order chi connectivity index (χ1) is 16.1. The molecule has 1 aliphatic carbocycles. The number of hydrogen-bond donors (Lipinski definition) is 1. The Kier molecular flexibility index (Phi) is 5.96. The number of anilines is 1. The van der Waals surface area contributed by atoms with Gasteiger partial charge in [0.15, 0.2) is 5.43 Å². The molecule has 0 saturated carbocycles. The monoisotopic (exact) mass is 460 g/mol. The van der Waals surface area contributed by atoms with E-state index in [1.165, 1.54) is 13.2 Å². The van der Waals surface area contributed by atoms with Crippen molar-refractivity contribution in [2.24, 2.45) is 7.05 Å². The Labute approximate surface area is 198 Å². The zero-order valence-corrected chi connectivity index (χ0v) is 20.2. The fourth-order valence-electron chi connectivity index (χ4n) is 4.11. The molecule has 2 aromatic carbocycles. The van der Waals surface area contributed by atoms with Crippen molar-refractivity contribution < 1.29 is 19.0 Å². The van der Waals surface area contributed by atoms with E-state index in [9.17, 15) is 9.59 Å². The summed E-state index contributed by atoms with van der Waals surface area (Å²) in [5, 5.41) is 3.71. The Morgan fingerprint density at radius 1 is 0.912 bits per heavy atom. The maximum Gasteiger partial charge on any atom is 0.412 e. The minimum atomic E-state index is -0.657. The maximum atomic E-state index is 13.4. The van der Waals surface area contributed by atoms with Crippen LogP contribution in [-0.4, -0.2) is 30.5 Å². The number of nitrogens with one attached hydrogen (secondary N) is 1. The summed E-state index contributed by atoms with van der Waals surface area (Å²) >= 11 is 0. The van der Waals surface area contributed by atoms with Gasteiger partial charge >= 0.3 is 6.09 Å². The van der Waals surface area contributed by atoms with Gasteiger partial charge in [-0.1, -0.05) is 18.2 Å². The molecule has 34 heavy (non-hydrogen) atoms. The summed E-state index contributed by atoms with van der Waals surface area (Å²) in [5.41, 5.74) is 3.16. The molecular formula is C27H28N2O5. The molecule has 1 N–H and O–H groups in total. The standard InChI is InChI=1S/C27H28N2O5/c1-27(2,3)34-26(31)28-20-12-11-16(32-5)13-19(20)24-18-9-7-8-10-21(18)29(4)22-14-17(33-6)15-23(30)25(22)24/h7-15H,1-6H3,(H,28,31). The molecule has 0 radical (unpaired) electrons. The van der Waals surface area contributed by atoms with Gasteiger partial charge in [0.1, 0.15) is 17.1 Å². The third kappa shape index (κ3) is 4.29. The van der Waals surface area contributed by atoms with Crippen LogP contribution in [0.4, 0.5) is 10.5 Å². The fourth-order valence-corrected chi connectivity index (χ4v) is 4.11. The van der Waals surface area contributed by atoms with Crippen molar-refractivity contribution in [1.29, 1.82) is 0 Å². The minimum absolute atomic E-state index is 0.184. The van der Waals surface area contributed by atoms with Gasteiger partial charge in [-0.15, -0.1) is 0 Å². The van der Waals surface area contributed by atoms with E-state index in [-0.39, 0.29) is 5.43 Å². The average Bonchev–Trinajstić information content (AvgIpc) is 2.79. The molecule has 0 unspecified atom stereocenters. The molecule has 2 aliphatic rings. The number of methoxy groups -OCH3 is 2. The van der Waals surface area contributed by atoms with Gasteiger partial charge in [0.05, 0.1) is 31.2 Å². The third-order valence-corrected chi connectivity index (χ3v) is 5.57. The van der Waals surface area contributed by atoms with Gasteiger partial charge in [0.25, 0.3) is 0 Å². The molecule has 4 rings (SSSR count). The summed E-state index contributed by atoms with van der Waals surface area (Å²) in [7, 11) is 5.03. The van der Waals surface area contributed by atoms with Gasteiger partial charge in [-0.2, -0.15) is 0 Å². The summed E-state index contributed by atoms with van der Waals surface area (Å²) in [6, 6.07) is 16.5. The highest BCUT2D eigenvalue weighted by atomic mass is 16.6. The lowest BCUT2D eigenvalue weighted by Crippen LogP contribution is -2.27. The molecule has 0 atom stereocenters. The lowest BCUT2D eigenvalue weighted by Gasteiger charge is -2.24. The summed E-state index contributed by atoms with van der Waals surface area (Å²) in [6.07, 6.45) is -0.585. The van der Waals surface area contributed by atoms with Crippen molar-refractivity contribution in [3.05, 3.63) is 64.8 Å². The van der Waals surface area contributed by atoms with Crippen LogP contribution in [0.5, 0.6) is 11.5 Å². The fraction of sp³-hybridized carbons (Fsp3) is 0.259. The van der Waals surface area contributed by atoms with Crippen LogP contribution < -0.4 is 20.2 Å². The topological polar surface area (TPSA) is 78.8 Å². The highest BCUT2D eigenvalue weighted by Crippen LogP contribution is 2.43. The van der Waals surface area contributed by atoms with Crippen molar-refractivity contribution in [2.75, 3.05) is 19.5 Å². The van der Waals surface area contributed by atoms with Gasteiger partial charge in [-0.05, 0) is 45.0 Å². The number of amides is 1. The molecule has 1 aliphatic heterocycles. The number of carbonyl (C=O) groups is 1. The van der Waals surface area contributed by atoms with E-state index in [4.69, 9.17) is 14.2 Å². The molecular weight excluding hydrogens is 432 g/mol. The summed E-state index contributed by atoms with van der Waals surface area (Å²) < 4.78 is 18.3. The van der Waals surface area contributed by atoms with Crippen LogP contribution in [0.3, 0.4) is 0 Å². The normalized spacial score (nSPS) is 11.5. The summed E-state index contributed by atoms with van der Waals surface area (Å²) in [4.78, 5) is 26.0. The molecule has 2 aromatic rings. The first-order valence-corrected chi connectivity index (χ1v) is 10.9. The lowest BCUT2D eigenvalue weighted by molar-refractivity contribution is 0.0636. The summed E-state index contributed by atoms with van der Waals surface area (Å²) in [5.74, 6) is 1.07. The molecule has 1 amide bonds. The van der Waals surface area contributed by atoms with Crippen LogP contribution in [0.25, 0.3) is 33.3 Å². The largest absolute Gasteiger partial charge is 0.497 e. The van der Waals surface area contributed by atoms with E-state index in [1.807, 2.05) is 48.0 Å². The van der Waals surface area contributed by atoms with Gasteiger partial charge in [0, 0.05) is 41.2 Å². The third-order valence-electron chi connectivity index (χ3n) is 5.57. The van der Waals surface area contributed by atoms with E-state index in [0.29, 0.717) is 39.6 Å². The predicted octanol–water partition coefficient (Wildman–Crippen LogP) is 5.67. The number of pyridine rings is 1. The molecule has 7 heteroatoms. The Bertz CT molecular complexity index is 1420. The van der Waals surface area contributed by atoms with Crippen molar-refractivity contribution in [1.82, 2.24) is 4.57 Å². The van der Waals surface area contributed by atoms with Crippen LogP contribution in [0, 0.1) is 0 Å². The second kappa shape index (κ2) is 8.74. The number of hydrogen-bond acceptors (Lipinski definition) is 5. The molecule has 0 aromatic heterocycles. The maximum absolute atomic E-state index is 13.4. The Morgan fingerprint density at radius 2 is 1.62 bits per heavy atom. The number of fused-ring (bicyclic) bond motifs is 2. The molecule has 0 bridgehead atoms. The van der Waals surface area contributed by atoms with E-state index in [2.05, 4.69) is 5.32 Å². The number of nitrogens with zero attached hydrogens (tertiary/aromatic N) is 1. The molecule has 1 heterocycles. The van der Waals surface area contributed by atoms with Gasteiger partial charge < -0.3 is 18.8 Å². The molecule has 0 saturated heterocycles. The smallest absolute Gasteiger partial charge is 0.412 e. The number of para-hydroxylation sites is 1. The number of aryl methyl sites for hydroxylation is 1. The van der Waals surface area contributed by atoms with Crippen LogP contribution in [-0.2, 0) is 11.8 Å². The minimum Gasteiger partial charge on any atom is -0.497 e. The number of rotatable bonds is 4. The second-order valence-corrected chi connectivity index (χ2v) is 9.01. The van der Waals surface area contributed by atoms with Crippen molar-refractivity contribution in [2.45, 2.75) is 26.4 Å². The first-order valence-electron chi connectivity index (χ1n) is 10.9. The Hall–Kier alpha value is -4.00. The zero-order valence-electron chi connectivity index (χ0n) is 20.2. The van der Waals surface area contributed by atoms with E-state index >= 15 is 0 Å². The SMILES string of the molecule is COc1ccc(NC(=O)OC(C)(C)C)c(-c2c3c(=O)cc(OC)cc-3n(C)c3ccccc23)c1. The summed E-state index contributed by atoms with van der Waals surface area (Å²) in [6.45, 7) is 5.41. The Morgan fingerprint density at radius 3 is 2.29 bits per heavy atom. The second-order valence-electron chi connectivity index (χ2n) is 9.01. The quantitative estimate of drug-likeness (QED) is 0.397. The van der Waals surface area contributed by atoms with E-state index in [1.54, 1.807) is 40.0 Å².